The van der Waals surface area contributed by atoms with E-state index >= 15 is 0 Å². The molecule has 0 aliphatic heterocycles. The normalized spacial score (nSPS) is 28.2. The van der Waals surface area contributed by atoms with Crippen molar-refractivity contribution >= 4 is 12.6 Å². The zero-order valence-electron chi connectivity index (χ0n) is 7.53. The Morgan fingerprint density at radius 1 is 0.917 bits per heavy atom. The first-order valence-corrected chi connectivity index (χ1v) is 4.35. The Hall–Kier alpha value is -0.700. The summed E-state index contributed by atoms with van der Waals surface area (Å²) in [5.74, 6) is 0.465. The molecule has 0 heterocycles. The Kier molecular flexibility index (Phi) is 6.57. The summed E-state index contributed by atoms with van der Waals surface area (Å²) >= 11 is 0. The van der Waals surface area contributed by atoms with Gasteiger partial charge in [0.05, 0.1) is 0 Å². The van der Waals surface area contributed by atoms with Crippen LogP contribution in [0.3, 0.4) is 0 Å². The van der Waals surface area contributed by atoms with Crippen molar-refractivity contribution in [1.29, 1.82) is 0 Å². The number of carbonyl (C=O) groups is 2. The van der Waals surface area contributed by atoms with Crippen molar-refractivity contribution in [3.8, 4) is 0 Å². The first-order valence-electron chi connectivity index (χ1n) is 4.35. The largest absolute Gasteiger partial charge is 0.333 e. The molecule has 1 rings (SSSR count). The highest BCUT2D eigenvalue weighted by Gasteiger charge is 2.19. The highest BCUT2D eigenvalue weighted by molar-refractivity contribution is 5.56. The molecule has 2 N–H and O–H groups in total. The molecule has 0 saturated heterocycles. The van der Waals surface area contributed by atoms with Gasteiger partial charge in [-0.25, -0.2) is 0 Å². The van der Waals surface area contributed by atoms with Gasteiger partial charge in [0, 0.05) is 11.8 Å². The summed E-state index contributed by atoms with van der Waals surface area (Å²) in [4.78, 5) is 20.5. The van der Waals surface area contributed by atoms with Crippen LogP contribution in [0.5, 0.6) is 0 Å². The second kappa shape index (κ2) is 6.98. The molecule has 0 bridgehead atoms. The first kappa shape index (κ1) is 11.3. The monoisotopic (exact) mass is 171 g/mol. The van der Waals surface area contributed by atoms with Gasteiger partial charge in [0.25, 0.3) is 0 Å². The fourth-order valence-corrected chi connectivity index (χ4v) is 1.42. The summed E-state index contributed by atoms with van der Waals surface area (Å²) in [5, 5.41) is 0. The Balaban J connectivity index is 0.000000561. The number of hydrogen-bond donors (Lipinski definition) is 1. The molecule has 1 saturated carbocycles. The summed E-state index contributed by atoms with van der Waals surface area (Å²) < 4.78 is 0. The predicted octanol–water partition coefficient (Wildman–Crippen LogP) is 0.765. The van der Waals surface area contributed by atoms with Crippen LogP contribution in [0.25, 0.3) is 0 Å². The molecule has 0 spiro atoms. The van der Waals surface area contributed by atoms with E-state index in [0.29, 0.717) is 0 Å². The van der Waals surface area contributed by atoms with Gasteiger partial charge in [0.15, 0.2) is 0 Å². The molecule has 0 unspecified atom stereocenters. The summed E-state index contributed by atoms with van der Waals surface area (Å²) in [6, 6.07) is 0. The van der Waals surface area contributed by atoms with Crippen LogP contribution in [0.1, 0.15) is 25.7 Å². The molecule has 0 aromatic heterocycles. The number of carbonyl (C=O) groups excluding carboxylic acids is 2. The van der Waals surface area contributed by atoms with Gasteiger partial charge in [0.2, 0.25) is 0 Å². The van der Waals surface area contributed by atoms with E-state index in [0.717, 1.165) is 38.3 Å². The molecular formula is C9H17NO2. The van der Waals surface area contributed by atoms with E-state index < -0.39 is 0 Å². The topological polar surface area (TPSA) is 60.2 Å². The van der Waals surface area contributed by atoms with E-state index in [-0.39, 0.29) is 11.8 Å². The Bertz CT molecular complexity index is 112. The van der Waals surface area contributed by atoms with Crippen molar-refractivity contribution < 1.29 is 9.59 Å². The van der Waals surface area contributed by atoms with Crippen LogP contribution in [-0.2, 0) is 9.59 Å². The maximum Gasteiger partial charge on any atom is 0.123 e. The SMILES string of the molecule is CN.O=CC1CCC(C=O)CC1. The smallest absolute Gasteiger partial charge is 0.123 e. The second-order valence-corrected chi connectivity index (χ2v) is 2.95. The van der Waals surface area contributed by atoms with Crippen LogP contribution in [0, 0.1) is 11.8 Å². The van der Waals surface area contributed by atoms with Gasteiger partial charge < -0.3 is 15.3 Å². The molecule has 3 nitrogen and oxygen atoms in total. The van der Waals surface area contributed by atoms with Gasteiger partial charge in [0.1, 0.15) is 12.6 Å². The minimum Gasteiger partial charge on any atom is -0.333 e. The summed E-state index contributed by atoms with van der Waals surface area (Å²) in [6.45, 7) is 0. The molecule has 1 aliphatic rings. The lowest BCUT2D eigenvalue weighted by Crippen LogP contribution is -2.15. The Morgan fingerprint density at radius 3 is 1.33 bits per heavy atom. The third kappa shape index (κ3) is 3.62. The Labute approximate surface area is 73.3 Å². The van der Waals surface area contributed by atoms with Crippen LogP contribution in [0.2, 0.25) is 0 Å². The number of hydrogen-bond acceptors (Lipinski definition) is 3. The van der Waals surface area contributed by atoms with Crippen molar-refractivity contribution in [3.05, 3.63) is 0 Å². The highest BCUT2D eigenvalue weighted by Crippen LogP contribution is 2.25. The minimum atomic E-state index is 0.233. The number of rotatable bonds is 2. The third-order valence-corrected chi connectivity index (χ3v) is 2.20. The zero-order chi connectivity index (χ0) is 9.40. The third-order valence-electron chi connectivity index (χ3n) is 2.20. The van der Waals surface area contributed by atoms with Crippen molar-refractivity contribution in [2.75, 3.05) is 7.05 Å². The average molecular weight is 171 g/mol. The van der Waals surface area contributed by atoms with Crippen LogP contribution < -0.4 is 5.73 Å². The minimum absolute atomic E-state index is 0.233. The van der Waals surface area contributed by atoms with Crippen molar-refractivity contribution in [2.45, 2.75) is 25.7 Å². The maximum absolute atomic E-state index is 10.3. The molecule has 0 aromatic rings. The van der Waals surface area contributed by atoms with Gasteiger partial charge in [-0.3, -0.25) is 0 Å². The van der Waals surface area contributed by atoms with Crippen LogP contribution in [-0.4, -0.2) is 19.6 Å². The average Bonchev–Trinajstić information content (AvgIpc) is 2.21. The van der Waals surface area contributed by atoms with E-state index in [1.165, 1.54) is 7.05 Å². The molecule has 0 amide bonds. The van der Waals surface area contributed by atoms with E-state index in [2.05, 4.69) is 5.73 Å². The summed E-state index contributed by atoms with van der Waals surface area (Å²) in [5.41, 5.74) is 4.50. The molecule has 3 heteroatoms. The standard InChI is InChI=1S/C8H12O2.CH5N/c9-5-7-1-2-8(6-10)4-3-7;1-2/h5-8H,1-4H2;2H2,1H3. The van der Waals surface area contributed by atoms with Gasteiger partial charge in [-0.1, -0.05) is 0 Å². The number of aldehydes is 2. The molecule has 0 atom stereocenters. The van der Waals surface area contributed by atoms with E-state index in [1.807, 2.05) is 0 Å². The molecule has 70 valence electrons. The van der Waals surface area contributed by atoms with Crippen LogP contribution in [0.4, 0.5) is 0 Å². The highest BCUT2D eigenvalue weighted by atomic mass is 16.1. The van der Waals surface area contributed by atoms with Gasteiger partial charge in [-0.05, 0) is 32.7 Å². The van der Waals surface area contributed by atoms with Gasteiger partial charge in [-0.2, -0.15) is 0 Å². The summed E-state index contributed by atoms with van der Waals surface area (Å²) in [6.07, 6.45) is 5.67. The lowest BCUT2D eigenvalue weighted by molar-refractivity contribution is -0.115. The van der Waals surface area contributed by atoms with Crippen molar-refractivity contribution in [1.82, 2.24) is 0 Å². The Morgan fingerprint density at radius 2 is 1.17 bits per heavy atom. The maximum atomic E-state index is 10.3. The fourth-order valence-electron chi connectivity index (χ4n) is 1.42. The van der Waals surface area contributed by atoms with Crippen LogP contribution >= 0.6 is 0 Å². The summed E-state index contributed by atoms with van der Waals surface area (Å²) in [7, 11) is 1.50. The molecular weight excluding hydrogens is 154 g/mol. The molecule has 0 radical (unpaired) electrons. The molecule has 1 fully saturated rings. The number of nitrogens with two attached hydrogens (primary N) is 1. The van der Waals surface area contributed by atoms with Crippen molar-refractivity contribution in [2.24, 2.45) is 17.6 Å². The predicted molar refractivity (Wildman–Crippen MR) is 47.7 cm³/mol. The van der Waals surface area contributed by atoms with Crippen molar-refractivity contribution in [3.63, 3.8) is 0 Å². The molecule has 1 aliphatic carbocycles. The molecule has 0 aromatic carbocycles. The molecule has 12 heavy (non-hydrogen) atoms. The second-order valence-electron chi connectivity index (χ2n) is 2.95. The van der Waals surface area contributed by atoms with E-state index in [1.54, 1.807) is 0 Å². The lowest BCUT2D eigenvalue weighted by Gasteiger charge is -2.20. The first-order chi connectivity index (χ1) is 5.86. The van der Waals surface area contributed by atoms with E-state index in [9.17, 15) is 9.59 Å². The zero-order valence-corrected chi connectivity index (χ0v) is 7.53. The van der Waals surface area contributed by atoms with Crippen LogP contribution in [0.15, 0.2) is 0 Å². The van der Waals surface area contributed by atoms with Gasteiger partial charge in [-0.15, -0.1) is 0 Å². The quantitative estimate of drug-likeness (QED) is 0.624. The fraction of sp³-hybridized carbons (Fsp3) is 0.778. The lowest BCUT2D eigenvalue weighted by atomic mass is 9.84. The van der Waals surface area contributed by atoms with E-state index in [4.69, 9.17) is 0 Å². The van der Waals surface area contributed by atoms with Gasteiger partial charge >= 0.3 is 0 Å².